The number of hydrogen-bond acceptors (Lipinski definition) is 2. The zero-order chi connectivity index (χ0) is 8.85. The lowest BCUT2D eigenvalue weighted by Gasteiger charge is -2.04. The van der Waals surface area contributed by atoms with E-state index in [4.69, 9.17) is 10.2 Å². The Bertz CT molecular complexity index is 203. The first kappa shape index (κ1) is 9.65. The number of allylic oxidation sites excluding steroid dienone is 2. The number of aliphatic carboxylic acids is 1. The fraction of sp³-hybridized carbons (Fsp3) is 0.125. The molecule has 2 N–H and O–H groups in total. The van der Waals surface area contributed by atoms with Gasteiger partial charge in [0.1, 0.15) is 0 Å². The van der Waals surface area contributed by atoms with Gasteiger partial charge in [0, 0.05) is 0 Å². The Morgan fingerprint density at radius 3 is 2.27 bits per heavy atom. The smallest absolute Gasteiger partial charge is 0.337 e. The summed E-state index contributed by atoms with van der Waals surface area (Å²) in [7, 11) is 0. The van der Waals surface area contributed by atoms with Gasteiger partial charge in [-0.15, -0.1) is 0 Å². The average molecular weight is 154 g/mol. The average Bonchev–Trinajstić information content (AvgIpc) is 1.98. The molecule has 0 amide bonds. The van der Waals surface area contributed by atoms with E-state index in [2.05, 4.69) is 13.2 Å². The first-order valence-corrected chi connectivity index (χ1v) is 2.99. The zero-order valence-corrected chi connectivity index (χ0v) is 6.03. The van der Waals surface area contributed by atoms with Crippen LogP contribution >= 0.6 is 0 Å². The Morgan fingerprint density at radius 1 is 1.45 bits per heavy atom. The number of carboxylic acid groups (broad SMARTS) is 1. The van der Waals surface area contributed by atoms with Crippen LogP contribution < -0.4 is 0 Å². The summed E-state index contributed by atoms with van der Waals surface area (Å²) in [6, 6.07) is 0. The van der Waals surface area contributed by atoms with Crippen LogP contribution in [0.5, 0.6) is 0 Å². The van der Waals surface area contributed by atoms with Crippen LogP contribution in [0.1, 0.15) is 0 Å². The number of aliphatic hydroxyl groups is 1. The van der Waals surface area contributed by atoms with E-state index in [0.717, 1.165) is 0 Å². The molecular weight excluding hydrogens is 144 g/mol. The Balaban J connectivity index is 4.50. The highest BCUT2D eigenvalue weighted by molar-refractivity contribution is 5.76. The first-order valence-electron chi connectivity index (χ1n) is 2.99. The topological polar surface area (TPSA) is 57.5 Å². The molecule has 0 spiro atoms. The number of rotatable bonds is 4. The van der Waals surface area contributed by atoms with Gasteiger partial charge in [0.05, 0.1) is 0 Å². The molecule has 0 heterocycles. The summed E-state index contributed by atoms with van der Waals surface area (Å²) in [5.41, 5.74) is 0.229. The van der Waals surface area contributed by atoms with Gasteiger partial charge in [0.2, 0.25) is 0 Å². The maximum absolute atomic E-state index is 10.2. The summed E-state index contributed by atoms with van der Waals surface area (Å²) in [4.78, 5) is 10.2. The lowest BCUT2D eigenvalue weighted by molar-refractivity contribution is -0.144. The van der Waals surface area contributed by atoms with Crippen LogP contribution in [0.2, 0.25) is 0 Å². The van der Waals surface area contributed by atoms with Crippen LogP contribution in [0, 0.1) is 0 Å². The zero-order valence-electron chi connectivity index (χ0n) is 6.03. The Morgan fingerprint density at radius 2 is 2.00 bits per heavy atom. The highest BCUT2D eigenvalue weighted by Gasteiger charge is 2.14. The van der Waals surface area contributed by atoms with Crippen molar-refractivity contribution in [3.63, 3.8) is 0 Å². The van der Waals surface area contributed by atoms with Gasteiger partial charge >= 0.3 is 5.97 Å². The van der Waals surface area contributed by atoms with Crippen molar-refractivity contribution in [2.75, 3.05) is 0 Å². The standard InChI is InChI=1S/C8H10O3/c1-3-5-6(4-2)7(9)8(10)11/h3-5,7,9H,1-2H2,(H,10,11)/b6-5+. The number of carbonyl (C=O) groups is 1. The molecule has 0 saturated carbocycles. The third kappa shape index (κ3) is 2.82. The molecule has 0 aromatic carbocycles. The highest BCUT2D eigenvalue weighted by Crippen LogP contribution is 2.03. The number of carboxylic acids is 1. The van der Waals surface area contributed by atoms with E-state index in [0.29, 0.717) is 0 Å². The molecule has 3 nitrogen and oxygen atoms in total. The molecule has 0 aliphatic heterocycles. The second-order valence-electron chi connectivity index (χ2n) is 1.85. The number of hydrogen-bond donors (Lipinski definition) is 2. The van der Waals surface area contributed by atoms with Crippen molar-refractivity contribution in [2.45, 2.75) is 6.10 Å². The lowest BCUT2D eigenvalue weighted by Crippen LogP contribution is -2.20. The maximum atomic E-state index is 10.2. The third-order valence-electron chi connectivity index (χ3n) is 1.10. The quantitative estimate of drug-likeness (QED) is 0.587. The predicted octanol–water partition coefficient (Wildman–Crippen LogP) is 0.730. The van der Waals surface area contributed by atoms with Crippen molar-refractivity contribution in [1.82, 2.24) is 0 Å². The Kier molecular flexibility index (Phi) is 3.92. The normalized spacial score (nSPS) is 13.7. The van der Waals surface area contributed by atoms with Crippen molar-refractivity contribution >= 4 is 5.97 Å². The van der Waals surface area contributed by atoms with E-state index in [9.17, 15) is 4.79 Å². The van der Waals surface area contributed by atoms with Crippen molar-refractivity contribution in [2.24, 2.45) is 0 Å². The van der Waals surface area contributed by atoms with E-state index < -0.39 is 12.1 Å². The van der Waals surface area contributed by atoms with Crippen LogP contribution in [0.3, 0.4) is 0 Å². The number of aliphatic hydroxyl groups excluding tert-OH is 1. The minimum Gasteiger partial charge on any atom is -0.479 e. The van der Waals surface area contributed by atoms with E-state index in [1.807, 2.05) is 0 Å². The summed E-state index contributed by atoms with van der Waals surface area (Å²) in [6.45, 7) is 6.71. The van der Waals surface area contributed by atoms with Crippen molar-refractivity contribution in [3.05, 3.63) is 37.0 Å². The Labute approximate surface area is 65.0 Å². The third-order valence-corrected chi connectivity index (χ3v) is 1.10. The summed E-state index contributed by atoms with van der Waals surface area (Å²) in [6.07, 6.45) is 2.56. The molecule has 1 atom stereocenters. The van der Waals surface area contributed by atoms with Gasteiger partial charge in [-0.1, -0.05) is 31.4 Å². The molecule has 3 heteroatoms. The van der Waals surface area contributed by atoms with Crippen LogP contribution in [-0.4, -0.2) is 22.3 Å². The molecule has 0 aliphatic rings. The summed E-state index contributed by atoms with van der Waals surface area (Å²) >= 11 is 0. The molecule has 0 bridgehead atoms. The molecule has 0 saturated heterocycles. The van der Waals surface area contributed by atoms with Gasteiger partial charge in [-0.2, -0.15) is 0 Å². The minimum atomic E-state index is -1.51. The van der Waals surface area contributed by atoms with Crippen LogP contribution in [0.15, 0.2) is 37.0 Å². The van der Waals surface area contributed by atoms with Gasteiger partial charge < -0.3 is 10.2 Å². The second-order valence-corrected chi connectivity index (χ2v) is 1.85. The molecule has 0 aromatic rings. The van der Waals surface area contributed by atoms with E-state index in [1.54, 1.807) is 0 Å². The van der Waals surface area contributed by atoms with E-state index in [-0.39, 0.29) is 5.57 Å². The largest absolute Gasteiger partial charge is 0.479 e. The molecule has 0 aliphatic carbocycles. The van der Waals surface area contributed by atoms with Crippen LogP contribution in [0.4, 0.5) is 0 Å². The summed E-state index contributed by atoms with van der Waals surface area (Å²) in [5, 5.41) is 17.3. The van der Waals surface area contributed by atoms with Crippen LogP contribution in [0.25, 0.3) is 0 Å². The van der Waals surface area contributed by atoms with Crippen molar-refractivity contribution < 1.29 is 15.0 Å². The van der Waals surface area contributed by atoms with E-state index >= 15 is 0 Å². The van der Waals surface area contributed by atoms with Crippen LogP contribution in [-0.2, 0) is 4.79 Å². The maximum Gasteiger partial charge on any atom is 0.337 e. The summed E-state index contributed by atoms with van der Waals surface area (Å²) in [5.74, 6) is -1.29. The van der Waals surface area contributed by atoms with E-state index in [1.165, 1.54) is 18.2 Å². The van der Waals surface area contributed by atoms with Gasteiger partial charge in [-0.3, -0.25) is 0 Å². The van der Waals surface area contributed by atoms with Gasteiger partial charge in [-0.25, -0.2) is 4.79 Å². The molecular formula is C8H10O3. The molecule has 0 rings (SSSR count). The molecule has 0 fully saturated rings. The van der Waals surface area contributed by atoms with Gasteiger partial charge in [-0.05, 0) is 5.57 Å². The van der Waals surface area contributed by atoms with Crippen molar-refractivity contribution in [3.8, 4) is 0 Å². The fourth-order valence-electron chi connectivity index (χ4n) is 0.549. The fourth-order valence-corrected chi connectivity index (χ4v) is 0.549. The highest BCUT2D eigenvalue weighted by atomic mass is 16.4. The SMILES string of the molecule is C=C/C=C(\C=C)C(O)C(=O)O. The summed E-state index contributed by atoms with van der Waals surface area (Å²) < 4.78 is 0. The van der Waals surface area contributed by atoms with Gasteiger partial charge in [0.15, 0.2) is 6.10 Å². The minimum absolute atomic E-state index is 0.229. The Hall–Kier alpha value is -1.35. The monoisotopic (exact) mass is 154 g/mol. The molecule has 1 unspecified atom stereocenters. The van der Waals surface area contributed by atoms with Crippen molar-refractivity contribution in [1.29, 1.82) is 0 Å². The molecule has 11 heavy (non-hydrogen) atoms. The predicted molar refractivity (Wildman–Crippen MR) is 42.1 cm³/mol. The molecule has 0 aromatic heterocycles. The lowest BCUT2D eigenvalue weighted by atomic mass is 10.1. The second kappa shape index (κ2) is 4.46. The molecule has 0 radical (unpaired) electrons. The van der Waals surface area contributed by atoms with Gasteiger partial charge in [0.25, 0.3) is 0 Å². The first-order chi connectivity index (χ1) is 5.13. The molecule has 60 valence electrons.